The molecule has 0 spiro atoms. The van der Waals surface area contributed by atoms with E-state index in [-0.39, 0.29) is 15.6 Å². The smallest absolute Gasteiger partial charge is 0.370 e. The molecule has 0 fully saturated rings. The summed E-state index contributed by atoms with van der Waals surface area (Å²) >= 11 is 23.2. The molecule has 0 saturated carbocycles. The summed E-state index contributed by atoms with van der Waals surface area (Å²) in [5, 5.41) is 3.78. The highest BCUT2D eigenvalue weighted by molar-refractivity contribution is 7.80. The number of aromatic nitrogens is 1. The maximum atomic E-state index is 13.8. The van der Waals surface area contributed by atoms with Crippen molar-refractivity contribution in [3.8, 4) is 0 Å². The molecule has 3 aromatic rings. The van der Waals surface area contributed by atoms with Crippen molar-refractivity contribution in [3.05, 3.63) is 104 Å². The van der Waals surface area contributed by atoms with E-state index in [0.29, 0.717) is 33.5 Å². The van der Waals surface area contributed by atoms with Crippen LogP contribution in [0.25, 0.3) is 6.08 Å². The predicted molar refractivity (Wildman–Crippen MR) is 133 cm³/mol. The van der Waals surface area contributed by atoms with E-state index < -0.39 is 12.1 Å². The zero-order valence-electron chi connectivity index (χ0n) is 17.3. The van der Waals surface area contributed by atoms with E-state index in [1.54, 1.807) is 31.2 Å². The van der Waals surface area contributed by atoms with Crippen LogP contribution >= 0.6 is 47.0 Å². The standard InChI is InChI=1S/C24H18Cl3F3N2S/c1-14-15(8-9-21(24(28,29)30)16-10-17(25)12-18(26)11-16)4-2-6-20(14)23(33)31-13-19-5-3-7-22(27)32-19/h2-12,21H,13H2,1H3,(H,31,33)/b9-8+. The summed E-state index contributed by atoms with van der Waals surface area (Å²) in [7, 11) is 0. The van der Waals surface area contributed by atoms with Crippen LogP contribution in [0.1, 0.15) is 33.9 Å². The second-order valence-corrected chi connectivity index (χ2v) is 8.90. The van der Waals surface area contributed by atoms with E-state index >= 15 is 0 Å². The van der Waals surface area contributed by atoms with Gasteiger partial charge < -0.3 is 5.32 Å². The summed E-state index contributed by atoms with van der Waals surface area (Å²) in [4.78, 5) is 4.66. The van der Waals surface area contributed by atoms with E-state index in [1.165, 1.54) is 24.3 Å². The van der Waals surface area contributed by atoms with Gasteiger partial charge in [-0.15, -0.1) is 0 Å². The summed E-state index contributed by atoms with van der Waals surface area (Å²) in [6.07, 6.45) is -1.98. The third-order valence-electron chi connectivity index (χ3n) is 4.89. The number of thiocarbonyl (C=S) groups is 1. The molecular weight excluding hydrogens is 512 g/mol. The van der Waals surface area contributed by atoms with Crippen LogP contribution in [0.5, 0.6) is 0 Å². The molecule has 1 aromatic heterocycles. The lowest BCUT2D eigenvalue weighted by Gasteiger charge is -2.18. The highest BCUT2D eigenvalue weighted by Gasteiger charge is 2.39. The lowest BCUT2D eigenvalue weighted by atomic mass is 9.95. The quantitative estimate of drug-likeness (QED) is 0.257. The van der Waals surface area contributed by atoms with Crippen molar-refractivity contribution in [1.82, 2.24) is 10.3 Å². The third-order valence-corrected chi connectivity index (χ3v) is 5.90. The summed E-state index contributed by atoms with van der Waals surface area (Å²) in [6, 6.07) is 14.5. The van der Waals surface area contributed by atoms with Gasteiger partial charge in [0.05, 0.1) is 18.2 Å². The number of pyridine rings is 1. The zero-order chi connectivity index (χ0) is 24.2. The topological polar surface area (TPSA) is 24.9 Å². The molecule has 0 amide bonds. The highest BCUT2D eigenvalue weighted by Crippen LogP contribution is 2.38. The SMILES string of the molecule is Cc1c(/C=C/C(c2cc(Cl)cc(Cl)c2)C(F)(F)F)cccc1C(=S)NCc1cccc(Cl)n1. The van der Waals surface area contributed by atoms with Crippen molar-refractivity contribution in [2.75, 3.05) is 0 Å². The molecule has 9 heteroatoms. The minimum atomic E-state index is -4.52. The average Bonchev–Trinajstić information content (AvgIpc) is 2.72. The largest absolute Gasteiger partial charge is 0.399 e. The lowest BCUT2D eigenvalue weighted by molar-refractivity contribution is -0.139. The lowest BCUT2D eigenvalue weighted by Crippen LogP contribution is -2.23. The van der Waals surface area contributed by atoms with Crippen LogP contribution in [-0.2, 0) is 6.54 Å². The maximum absolute atomic E-state index is 13.8. The first kappa shape index (κ1) is 25.5. The molecule has 2 nitrogen and oxygen atoms in total. The van der Waals surface area contributed by atoms with Gasteiger partial charge in [-0.25, -0.2) is 4.98 Å². The second-order valence-electron chi connectivity index (χ2n) is 7.24. The van der Waals surface area contributed by atoms with E-state index in [9.17, 15) is 13.2 Å². The number of hydrogen-bond acceptors (Lipinski definition) is 2. The maximum Gasteiger partial charge on any atom is 0.399 e. The van der Waals surface area contributed by atoms with Crippen LogP contribution in [-0.4, -0.2) is 16.1 Å². The molecule has 1 N–H and O–H groups in total. The molecule has 33 heavy (non-hydrogen) atoms. The minimum Gasteiger partial charge on any atom is -0.370 e. The van der Waals surface area contributed by atoms with Crippen LogP contribution in [0.2, 0.25) is 15.2 Å². The summed E-state index contributed by atoms with van der Waals surface area (Å²) in [6.45, 7) is 2.17. The number of allylic oxidation sites excluding steroid dienone is 1. The molecule has 2 aromatic carbocycles. The fourth-order valence-corrected chi connectivity index (χ4v) is 4.28. The Morgan fingerprint density at radius 1 is 1.06 bits per heavy atom. The monoisotopic (exact) mass is 528 g/mol. The van der Waals surface area contributed by atoms with E-state index in [0.717, 1.165) is 11.6 Å². The molecule has 3 rings (SSSR count). The van der Waals surface area contributed by atoms with Gasteiger partial charge in [-0.3, -0.25) is 0 Å². The van der Waals surface area contributed by atoms with Crippen molar-refractivity contribution < 1.29 is 13.2 Å². The number of nitrogens with zero attached hydrogens (tertiary/aromatic N) is 1. The molecule has 1 unspecified atom stereocenters. The van der Waals surface area contributed by atoms with Gasteiger partial charge in [0.2, 0.25) is 0 Å². The summed E-state index contributed by atoms with van der Waals surface area (Å²) in [5.41, 5.74) is 2.75. The van der Waals surface area contributed by atoms with Gasteiger partial charge in [0.1, 0.15) is 10.1 Å². The Bertz CT molecular complexity index is 1180. The van der Waals surface area contributed by atoms with Crippen molar-refractivity contribution in [2.24, 2.45) is 0 Å². The third kappa shape index (κ3) is 6.93. The van der Waals surface area contributed by atoms with Crippen molar-refractivity contribution in [1.29, 1.82) is 0 Å². The number of alkyl halides is 3. The summed E-state index contributed by atoms with van der Waals surface area (Å²) in [5.74, 6) is -1.87. The molecule has 1 heterocycles. The molecule has 1 atom stereocenters. The number of nitrogens with one attached hydrogen (secondary N) is 1. The van der Waals surface area contributed by atoms with Crippen molar-refractivity contribution >= 4 is 58.1 Å². The van der Waals surface area contributed by atoms with Gasteiger partial charge in [0.25, 0.3) is 0 Å². The Morgan fingerprint density at radius 3 is 2.36 bits per heavy atom. The molecule has 0 saturated heterocycles. The second kappa shape index (κ2) is 10.9. The molecular formula is C24H18Cl3F3N2S. The Kier molecular flexibility index (Phi) is 8.40. The van der Waals surface area contributed by atoms with Crippen molar-refractivity contribution in [3.63, 3.8) is 0 Å². The Balaban J connectivity index is 1.84. The van der Waals surface area contributed by atoms with Gasteiger partial charge in [0, 0.05) is 15.6 Å². The van der Waals surface area contributed by atoms with E-state index in [2.05, 4.69) is 10.3 Å². The Morgan fingerprint density at radius 2 is 1.73 bits per heavy atom. The van der Waals surface area contributed by atoms with Crippen molar-refractivity contribution in [2.45, 2.75) is 25.6 Å². The first-order chi connectivity index (χ1) is 15.5. The van der Waals surface area contributed by atoms with Crippen LogP contribution in [0.3, 0.4) is 0 Å². The number of rotatable bonds is 6. The van der Waals surface area contributed by atoms with E-state index in [1.807, 2.05) is 12.1 Å². The molecule has 0 aliphatic rings. The fraction of sp³-hybridized carbons (Fsp3) is 0.167. The van der Waals surface area contributed by atoms with Crippen LogP contribution in [0.15, 0.2) is 60.7 Å². The van der Waals surface area contributed by atoms with Crippen LogP contribution < -0.4 is 5.32 Å². The Hall–Kier alpha value is -2.12. The van der Waals surface area contributed by atoms with E-state index in [4.69, 9.17) is 47.0 Å². The van der Waals surface area contributed by atoms with Gasteiger partial charge in [0.15, 0.2) is 0 Å². The first-order valence-electron chi connectivity index (χ1n) is 9.75. The van der Waals surface area contributed by atoms with Gasteiger partial charge in [-0.2, -0.15) is 13.2 Å². The first-order valence-corrected chi connectivity index (χ1v) is 11.3. The normalized spacial score (nSPS) is 12.7. The van der Waals surface area contributed by atoms with Crippen LogP contribution in [0.4, 0.5) is 13.2 Å². The minimum absolute atomic E-state index is 0.0312. The van der Waals surface area contributed by atoms with Crippen LogP contribution in [0, 0.1) is 6.92 Å². The molecule has 0 aliphatic carbocycles. The zero-order valence-corrected chi connectivity index (χ0v) is 20.3. The van der Waals surface area contributed by atoms with Gasteiger partial charge in [-0.1, -0.05) is 83.4 Å². The predicted octanol–water partition coefficient (Wildman–Crippen LogP) is 8.17. The average molecular weight is 530 g/mol. The number of benzene rings is 2. The molecule has 0 radical (unpaired) electrons. The van der Waals surface area contributed by atoms with Gasteiger partial charge in [-0.05, 0) is 53.9 Å². The molecule has 0 aliphatic heterocycles. The molecule has 172 valence electrons. The summed E-state index contributed by atoms with van der Waals surface area (Å²) < 4.78 is 41.4. The number of hydrogen-bond donors (Lipinski definition) is 1. The number of halogens is 6. The fourth-order valence-electron chi connectivity index (χ4n) is 3.26. The van der Waals surface area contributed by atoms with Gasteiger partial charge >= 0.3 is 6.18 Å². The highest BCUT2D eigenvalue weighted by atomic mass is 35.5. The molecule has 0 bridgehead atoms. The Labute approximate surface area is 210 Å².